The first-order valence-electron chi connectivity index (χ1n) is 11.2. The Kier molecular flexibility index (Phi) is 9.00. The number of sulfonamides is 2. The van der Waals surface area contributed by atoms with Crippen molar-refractivity contribution >= 4 is 53.3 Å². The van der Waals surface area contributed by atoms with Crippen molar-refractivity contribution in [2.45, 2.75) is 36.6 Å². The molecule has 9 nitrogen and oxygen atoms in total. The molecule has 3 rings (SSSR count). The van der Waals surface area contributed by atoms with Gasteiger partial charge < -0.3 is 10.1 Å². The number of rotatable bonds is 10. The molecule has 0 aliphatic carbocycles. The Morgan fingerprint density at radius 3 is 2.11 bits per heavy atom. The van der Waals surface area contributed by atoms with Crippen LogP contribution in [-0.2, 0) is 24.8 Å². The molecule has 12 heteroatoms. The molecular weight excluding hydrogens is 582 g/mol. The van der Waals surface area contributed by atoms with E-state index in [2.05, 4.69) is 26.0 Å². The van der Waals surface area contributed by atoms with Crippen LogP contribution in [0, 0.1) is 6.92 Å². The topological polar surface area (TPSA) is 122 Å². The van der Waals surface area contributed by atoms with Crippen molar-refractivity contribution in [2.75, 3.05) is 23.3 Å². The Balaban J connectivity index is 1.97. The fraction of sp³-hybridized carbons (Fsp3) is 0.240. The number of nitrogens with one attached hydrogen (secondary N) is 2. The van der Waals surface area contributed by atoms with Crippen molar-refractivity contribution in [3.63, 3.8) is 0 Å². The first-order valence-corrected chi connectivity index (χ1v) is 14.9. The van der Waals surface area contributed by atoms with Gasteiger partial charge in [-0.1, -0.05) is 33.6 Å². The number of nitrogens with zero attached hydrogens (tertiary/aromatic N) is 1. The van der Waals surface area contributed by atoms with Gasteiger partial charge in [0, 0.05) is 10.5 Å². The third-order valence-corrected chi connectivity index (χ3v) is 9.13. The SMILES string of the molecule is COc1ccc(S(=O)(=O)NC(C)C)cc1NC(=O)CN(c1ccc(Br)cc1)S(=O)(=O)c1ccc(C)cc1. The lowest BCUT2D eigenvalue weighted by atomic mass is 10.2. The van der Waals surface area contributed by atoms with Crippen LogP contribution in [0.25, 0.3) is 0 Å². The van der Waals surface area contributed by atoms with Crippen molar-refractivity contribution in [2.24, 2.45) is 0 Å². The van der Waals surface area contributed by atoms with Crippen LogP contribution in [0.1, 0.15) is 19.4 Å². The molecule has 1 amide bonds. The van der Waals surface area contributed by atoms with Gasteiger partial charge in [0.2, 0.25) is 15.9 Å². The van der Waals surface area contributed by atoms with E-state index < -0.39 is 32.5 Å². The quantitative estimate of drug-likeness (QED) is 0.354. The van der Waals surface area contributed by atoms with Crippen LogP contribution in [-0.4, -0.2) is 42.4 Å². The Labute approximate surface area is 226 Å². The number of carbonyl (C=O) groups excluding carboxylic acids is 1. The molecule has 37 heavy (non-hydrogen) atoms. The second-order valence-electron chi connectivity index (χ2n) is 8.49. The number of carbonyl (C=O) groups is 1. The van der Waals surface area contributed by atoms with Crippen LogP contribution in [0.15, 0.2) is 81.0 Å². The van der Waals surface area contributed by atoms with Gasteiger partial charge in [0.05, 0.1) is 28.3 Å². The summed E-state index contributed by atoms with van der Waals surface area (Å²) in [5.74, 6) is -0.475. The number of methoxy groups -OCH3 is 1. The van der Waals surface area contributed by atoms with Gasteiger partial charge in [0.25, 0.3) is 10.0 Å². The van der Waals surface area contributed by atoms with Crippen LogP contribution in [0.4, 0.5) is 11.4 Å². The predicted octanol–water partition coefficient (Wildman–Crippen LogP) is 4.29. The van der Waals surface area contributed by atoms with E-state index in [1.54, 1.807) is 50.2 Å². The summed E-state index contributed by atoms with van der Waals surface area (Å²) in [6, 6.07) is 16.5. The van der Waals surface area contributed by atoms with Crippen LogP contribution in [0.2, 0.25) is 0 Å². The Hall–Kier alpha value is -2.93. The molecule has 0 aliphatic heterocycles. The third kappa shape index (κ3) is 7.10. The minimum absolute atomic E-state index is 0.0271. The zero-order chi connectivity index (χ0) is 27.4. The molecule has 0 atom stereocenters. The molecular formula is C25H28BrN3O6S2. The maximum absolute atomic E-state index is 13.6. The van der Waals surface area contributed by atoms with Gasteiger partial charge in [-0.2, -0.15) is 0 Å². The largest absolute Gasteiger partial charge is 0.495 e. The lowest BCUT2D eigenvalue weighted by Crippen LogP contribution is -2.38. The monoisotopic (exact) mass is 609 g/mol. The number of anilines is 2. The highest BCUT2D eigenvalue weighted by atomic mass is 79.9. The number of ether oxygens (including phenoxy) is 1. The number of benzene rings is 3. The van der Waals surface area contributed by atoms with Gasteiger partial charge in [-0.3, -0.25) is 9.10 Å². The summed E-state index contributed by atoms with van der Waals surface area (Å²) in [6.45, 7) is 4.65. The molecule has 0 heterocycles. The fourth-order valence-electron chi connectivity index (χ4n) is 3.41. The minimum Gasteiger partial charge on any atom is -0.495 e. The Morgan fingerprint density at radius 2 is 1.54 bits per heavy atom. The van der Waals surface area contributed by atoms with Crippen LogP contribution < -0.4 is 19.1 Å². The Morgan fingerprint density at radius 1 is 0.946 bits per heavy atom. The average Bonchev–Trinajstić information content (AvgIpc) is 2.82. The van der Waals surface area contributed by atoms with Crippen LogP contribution in [0.3, 0.4) is 0 Å². The summed E-state index contributed by atoms with van der Waals surface area (Å²) in [5, 5.41) is 2.60. The van der Waals surface area contributed by atoms with E-state index in [0.717, 1.165) is 14.3 Å². The second kappa shape index (κ2) is 11.6. The molecule has 0 spiro atoms. The molecule has 0 aliphatic rings. The Bertz CT molecular complexity index is 1470. The normalized spacial score (nSPS) is 11.8. The van der Waals surface area contributed by atoms with E-state index in [1.165, 1.54) is 37.4 Å². The molecule has 0 saturated carbocycles. The molecule has 0 radical (unpaired) electrons. The number of aryl methyl sites for hydroxylation is 1. The van der Waals surface area contributed by atoms with Gasteiger partial charge in [-0.25, -0.2) is 21.6 Å². The lowest BCUT2D eigenvalue weighted by Gasteiger charge is -2.24. The number of halogens is 1. The summed E-state index contributed by atoms with van der Waals surface area (Å²) in [7, 11) is -6.58. The van der Waals surface area contributed by atoms with Crippen molar-refractivity contribution < 1.29 is 26.4 Å². The smallest absolute Gasteiger partial charge is 0.264 e. The summed E-state index contributed by atoms with van der Waals surface area (Å²) >= 11 is 3.33. The minimum atomic E-state index is -4.11. The van der Waals surface area contributed by atoms with E-state index >= 15 is 0 Å². The molecule has 0 fully saturated rings. The zero-order valence-electron chi connectivity index (χ0n) is 20.7. The standard InChI is InChI=1S/C25H28BrN3O6S2/c1-17(2)28-36(31,32)22-13-14-24(35-4)23(15-22)27-25(30)16-29(20-9-7-19(26)8-10-20)37(33,34)21-11-5-18(3)6-12-21/h5-15,17,28H,16H2,1-4H3,(H,27,30). The first kappa shape index (κ1) is 28.6. The fourth-order valence-corrected chi connectivity index (χ4v) is 6.37. The summed E-state index contributed by atoms with van der Waals surface area (Å²) < 4.78 is 61.8. The van der Waals surface area contributed by atoms with Crippen molar-refractivity contribution in [3.8, 4) is 5.75 Å². The second-order valence-corrected chi connectivity index (χ2v) is 13.0. The van der Waals surface area contributed by atoms with Crippen molar-refractivity contribution in [1.29, 1.82) is 0 Å². The van der Waals surface area contributed by atoms with Crippen molar-refractivity contribution in [1.82, 2.24) is 4.72 Å². The average molecular weight is 611 g/mol. The summed E-state index contributed by atoms with van der Waals surface area (Å²) in [6.07, 6.45) is 0. The van der Waals surface area contributed by atoms with Crippen molar-refractivity contribution in [3.05, 3.63) is 76.8 Å². The van der Waals surface area contributed by atoms with Gasteiger partial charge in [0.15, 0.2) is 0 Å². The molecule has 0 saturated heterocycles. The molecule has 198 valence electrons. The van der Waals surface area contributed by atoms with Gasteiger partial charge >= 0.3 is 0 Å². The highest BCUT2D eigenvalue weighted by Gasteiger charge is 2.28. The number of amides is 1. The van der Waals surface area contributed by atoms with Crippen LogP contribution >= 0.6 is 15.9 Å². The maximum Gasteiger partial charge on any atom is 0.264 e. The third-order valence-electron chi connectivity index (χ3n) is 5.16. The van der Waals surface area contributed by atoms with E-state index in [4.69, 9.17) is 4.74 Å². The van der Waals surface area contributed by atoms with Gasteiger partial charge in [0.1, 0.15) is 12.3 Å². The van der Waals surface area contributed by atoms with E-state index in [-0.39, 0.29) is 33.0 Å². The number of hydrogen-bond acceptors (Lipinski definition) is 6. The van der Waals surface area contributed by atoms with Gasteiger partial charge in [-0.05, 0) is 75.4 Å². The van der Waals surface area contributed by atoms with Gasteiger partial charge in [-0.15, -0.1) is 0 Å². The van der Waals surface area contributed by atoms with Crippen LogP contribution in [0.5, 0.6) is 5.75 Å². The lowest BCUT2D eigenvalue weighted by molar-refractivity contribution is -0.114. The number of hydrogen-bond donors (Lipinski definition) is 2. The molecule has 3 aromatic rings. The molecule has 0 unspecified atom stereocenters. The van der Waals surface area contributed by atoms with E-state index in [9.17, 15) is 21.6 Å². The highest BCUT2D eigenvalue weighted by Crippen LogP contribution is 2.29. The summed E-state index contributed by atoms with van der Waals surface area (Å²) in [4.78, 5) is 13.1. The zero-order valence-corrected chi connectivity index (χ0v) is 23.9. The summed E-state index contributed by atoms with van der Waals surface area (Å²) in [5.41, 5.74) is 1.26. The maximum atomic E-state index is 13.6. The first-order chi connectivity index (χ1) is 17.3. The van der Waals surface area contributed by atoms with E-state index in [1.807, 2.05) is 6.92 Å². The highest BCUT2D eigenvalue weighted by molar-refractivity contribution is 9.10. The van der Waals surface area contributed by atoms with E-state index in [0.29, 0.717) is 0 Å². The predicted molar refractivity (Wildman–Crippen MR) is 147 cm³/mol. The molecule has 0 bridgehead atoms. The molecule has 3 aromatic carbocycles. The molecule has 2 N–H and O–H groups in total. The molecule has 0 aromatic heterocycles.